The lowest BCUT2D eigenvalue weighted by Gasteiger charge is -2.24. The summed E-state index contributed by atoms with van der Waals surface area (Å²) in [6, 6.07) is 10.7. The first-order valence-corrected chi connectivity index (χ1v) is 11.6. The van der Waals surface area contributed by atoms with E-state index < -0.39 is 10.0 Å². The molecule has 0 aliphatic carbocycles. The molecule has 1 aliphatic rings. The van der Waals surface area contributed by atoms with Crippen LogP contribution in [-0.2, 0) is 16.6 Å². The molecule has 152 valence electrons. The maximum absolute atomic E-state index is 12.5. The quantitative estimate of drug-likeness (QED) is 0.642. The van der Waals surface area contributed by atoms with Gasteiger partial charge in [0.05, 0.1) is 5.56 Å². The number of benzene rings is 1. The van der Waals surface area contributed by atoms with Crippen molar-refractivity contribution in [3.05, 3.63) is 53.2 Å². The van der Waals surface area contributed by atoms with Crippen molar-refractivity contribution in [3.8, 4) is 11.5 Å². The number of piperidine rings is 1. The van der Waals surface area contributed by atoms with Crippen molar-refractivity contribution < 1.29 is 17.6 Å². The lowest BCUT2D eigenvalue weighted by molar-refractivity contribution is 0.0684. The largest absolute Gasteiger partial charge is 0.412 e. The minimum atomic E-state index is -3.67. The molecule has 1 aromatic carbocycles. The van der Waals surface area contributed by atoms with Crippen molar-refractivity contribution in [1.82, 2.24) is 19.8 Å². The number of aromatic nitrogens is 2. The van der Waals surface area contributed by atoms with Crippen LogP contribution >= 0.6 is 11.3 Å². The normalized spacial score (nSPS) is 14.8. The van der Waals surface area contributed by atoms with E-state index in [1.54, 1.807) is 10.3 Å². The summed E-state index contributed by atoms with van der Waals surface area (Å²) in [6.45, 7) is 1.57. The number of amides is 1. The number of carbonyl (C=O) groups excluding carboxylic acids is 1. The van der Waals surface area contributed by atoms with Crippen LogP contribution in [0.4, 0.5) is 0 Å². The molecule has 3 aromatic rings. The van der Waals surface area contributed by atoms with Gasteiger partial charge in [-0.3, -0.25) is 4.79 Å². The van der Waals surface area contributed by atoms with Crippen LogP contribution in [0.1, 0.15) is 35.5 Å². The fraction of sp³-hybridized carbons (Fsp3) is 0.316. The van der Waals surface area contributed by atoms with Gasteiger partial charge in [-0.1, -0.05) is 30.3 Å². The second-order valence-corrected chi connectivity index (χ2v) is 9.63. The number of likely N-dealkylation sites (tertiary alicyclic amines) is 1. The molecule has 0 unspecified atom stereocenters. The Morgan fingerprint density at radius 1 is 1.14 bits per heavy atom. The third kappa shape index (κ3) is 4.55. The van der Waals surface area contributed by atoms with Crippen molar-refractivity contribution in [2.45, 2.75) is 30.0 Å². The predicted molar refractivity (Wildman–Crippen MR) is 108 cm³/mol. The van der Waals surface area contributed by atoms with Crippen LogP contribution in [-0.4, -0.2) is 42.5 Å². The summed E-state index contributed by atoms with van der Waals surface area (Å²) < 4.78 is 33.3. The molecule has 1 N–H and O–H groups in total. The summed E-state index contributed by atoms with van der Waals surface area (Å²) in [5.41, 5.74) is 1.34. The minimum Gasteiger partial charge on any atom is -0.412 e. The molecule has 29 heavy (non-hydrogen) atoms. The first-order valence-electron chi connectivity index (χ1n) is 9.28. The van der Waals surface area contributed by atoms with Crippen LogP contribution in [0.15, 0.2) is 50.4 Å². The van der Waals surface area contributed by atoms with Gasteiger partial charge in [-0.2, -0.15) is 0 Å². The number of sulfonamides is 1. The molecule has 0 bridgehead atoms. The number of nitrogens with zero attached hydrogens (tertiary/aromatic N) is 3. The summed E-state index contributed by atoms with van der Waals surface area (Å²) in [4.78, 5) is 14.2. The van der Waals surface area contributed by atoms with Crippen molar-refractivity contribution in [1.29, 1.82) is 0 Å². The van der Waals surface area contributed by atoms with E-state index in [0.717, 1.165) is 36.2 Å². The van der Waals surface area contributed by atoms with E-state index in [9.17, 15) is 13.2 Å². The highest BCUT2D eigenvalue weighted by molar-refractivity contribution is 7.91. The number of nitrogens with one attached hydrogen (secondary N) is 1. The summed E-state index contributed by atoms with van der Waals surface area (Å²) >= 11 is 1.06. The third-order valence-corrected chi connectivity index (χ3v) is 7.49. The second-order valence-electron chi connectivity index (χ2n) is 6.73. The van der Waals surface area contributed by atoms with E-state index in [-0.39, 0.29) is 28.4 Å². The molecule has 1 fully saturated rings. The molecule has 3 heterocycles. The smallest absolute Gasteiger partial charge is 0.311 e. The average Bonchev–Trinajstić information content (AvgIpc) is 3.43. The molecule has 2 aromatic heterocycles. The molecule has 1 amide bonds. The van der Waals surface area contributed by atoms with E-state index in [1.165, 1.54) is 6.07 Å². The van der Waals surface area contributed by atoms with Crippen molar-refractivity contribution in [2.24, 2.45) is 0 Å². The second kappa shape index (κ2) is 8.44. The van der Waals surface area contributed by atoms with Gasteiger partial charge in [0, 0.05) is 25.0 Å². The van der Waals surface area contributed by atoms with Crippen LogP contribution < -0.4 is 4.72 Å². The SMILES string of the molecule is O=C(c1nnc(-c2csc(S(=O)(=O)NCc3ccccc3)c2)o1)N1CCCCC1. The monoisotopic (exact) mass is 432 g/mol. The molecule has 8 nitrogen and oxygen atoms in total. The average molecular weight is 433 g/mol. The Kier molecular flexibility index (Phi) is 5.74. The zero-order valence-electron chi connectivity index (χ0n) is 15.6. The number of hydrogen-bond acceptors (Lipinski definition) is 7. The zero-order valence-corrected chi connectivity index (χ0v) is 17.2. The molecule has 1 saturated heterocycles. The van der Waals surface area contributed by atoms with Gasteiger partial charge in [-0.15, -0.1) is 21.5 Å². The lowest BCUT2D eigenvalue weighted by Crippen LogP contribution is -2.35. The summed E-state index contributed by atoms with van der Waals surface area (Å²) in [5.74, 6) is -0.220. The van der Waals surface area contributed by atoms with E-state index in [2.05, 4.69) is 14.9 Å². The predicted octanol–water partition coefficient (Wildman–Crippen LogP) is 2.90. The lowest BCUT2D eigenvalue weighted by atomic mass is 10.1. The van der Waals surface area contributed by atoms with Crippen LogP contribution in [0, 0.1) is 0 Å². The molecule has 0 atom stereocenters. The van der Waals surface area contributed by atoms with Crippen LogP contribution in [0.5, 0.6) is 0 Å². The molecule has 0 spiro atoms. The highest BCUT2D eigenvalue weighted by Gasteiger charge is 2.25. The Hall–Kier alpha value is -2.56. The number of hydrogen-bond donors (Lipinski definition) is 1. The molecule has 1 aliphatic heterocycles. The highest BCUT2D eigenvalue weighted by atomic mass is 32.2. The van der Waals surface area contributed by atoms with Crippen molar-refractivity contribution in [3.63, 3.8) is 0 Å². The summed E-state index contributed by atoms with van der Waals surface area (Å²) in [7, 11) is -3.67. The van der Waals surface area contributed by atoms with Crippen molar-refractivity contribution >= 4 is 27.3 Å². The van der Waals surface area contributed by atoms with Gasteiger partial charge in [0.15, 0.2) is 0 Å². The Labute approximate surface area is 172 Å². The number of rotatable bonds is 6. The number of carbonyl (C=O) groups is 1. The molecule has 0 radical (unpaired) electrons. The third-order valence-electron chi connectivity index (χ3n) is 4.65. The Morgan fingerprint density at radius 3 is 2.66 bits per heavy atom. The molecule has 4 rings (SSSR count). The van der Waals surface area contributed by atoms with Gasteiger partial charge in [0.25, 0.3) is 0 Å². The Morgan fingerprint density at radius 2 is 1.90 bits per heavy atom. The summed E-state index contributed by atoms with van der Waals surface area (Å²) in [6.07, 6.45) is 3.05. The first-order chi connectivity index (χ1) is 14.0. The zero-order chi connectivity index (χ0) is 20.3. The first kappa shape index (κ1) is 19.7. The highest BCUT2D eigenvalue weighted by Crippen LogP contribution is 2.28. The van der Waals surface area contributed by atoms with Gasteiger partial charge in [-0.05, 0) is 30.9 Å². The topological polar surface area (TPSA) is 105 Å². The van der Waals surface area contributed by atoms with E-state index >= 15 is 0 Å². The van der Waals surface area contributed by atoms with Crippen molar-refractivity contribution in [2.75, 3.05) is 13.1 Å². The van der Waals surface area contributed by atoms with E-state index in [0.29, 0.717) is 18.7 Å². The molecule has 10 heteroatoms. The number of thiophene rings is 1. The Bertz CT molecular complexity index is 1090. The fourth-order valence-corrected chi connectivity index (χ4v) is 5.29. The van der Waals surface area contributed by atoms with Crippen LogP contribution in [0.3, 0.4) is 0 Å². The maximum atomic E-state index is 12.5. The van der Waals surface area contributed by atoms with Crippen LogP contribution in [0.25, 0.3) is 11.5 Å². The van der Waals surface area contributed by atoms with Gasteiger partial charge >= 0.3 is 11.8 Å². The standard InChI is InChI=1S/C19H20N4O4S2/c24-19(23-9-5-2-6-10-23)18-22-21-17(27-18)15-11-16(28-13-15)29(25,26)20-12-14-7-3-1-4-8-14/h1,3-4,7-8,11,13,20H,2,5-6,9-10,12H2. The maximum Gasteiger partial charge on any atom is 0.311 e. The van der Waals surface area contributed by atoms with E-state index in [4.69, 9.17) is 4.42 Å². The molecular formula is C19H20N4O4S2. The van der Waals surface area contributed by atoms with E-state index in [1.807, 2.05) is 30.3 Å². The molecular weight excluding hydrogens is 412 g/mol. The van der Waals surface area contributed by atoms with Crippen LogP contribution in [0.2, 0.25) is 0 Å². The van der Waals surface area contributed by atoms with Gasteiger partial charge in [-0.25, -0.2) is 13.1 Å². The van der Waals surface area contributed by atoms with Gasteiger partial charge < -0.3 is 9.32 Å². The minimum absolute atomic E-state index is 0.0697. The fourth-order valence-electron chi connectivity index (χ4n) is 3.07. The molecule has 0 saturated carbocycles. The Balaban J connectivity index is 1.46. The van der Waals surface area contributed by atoms with Gasteiger partial charge in [0.1, 0.15) is 4.21 Å². The van der Waals surface area contributed by atoms with Gasteiger partial charge in [0.2, 0.25) is 15.9 Å². The summed E-state index contributed by atoms with van der Waals surface area (Å²) in [5, 5.41) is 9.39.